The quantitative estimate of drug-likeness (QED) is 0.520. The van der Waals surface area contributed by atoms with Crippen molar-refractivity contribution >= 4 is 5.69 Å². The summed E-state index contributed by atoms with van der Waals surface area (Å²) >= 11 is 0. The average Bonchev–Trinajstić information content (AvgIpc) is 1.82. The minimum atomic E-state index is 0.672. The Balaban J connectivity index is 3.31. The fourth-order valence-electron chi connectivity index (χ4n) is 1.18. The van der Waals surface area contributed by atoms with E-state index in [2.05, 4.69) is 6.92 Å². The summed E-state index contributed by atoms with van der Waals surface area (Å²) in [5.74, 6) is 0. The molecule has 0 saturated carbocycles. The minimum Gasteiger partial charge on any atom is -0.698 e. The van der Waals surface area contributed by atoms with Crippen LogP contribution in [0.4, 0.5) is 5.69 Å². The maximum atomic E-state index is 7.54. The molecule has 0 aliphatic carbocycles. The van der Waals surface area contributed by atoms with Crippen molar-refractivity contribution in [2.45, 2.75) is 20.8 Å². The summed E-state index contributed by atoms with van der Waals surface area (Å²) < 4.78 is 0. The van der Waals surface area contributed by atoms with Gasteiger partial charge in [-0.05, 0) is 20.8 Å². The van der Waals surface area contributed by atoms with E-state index in [4.69, 9.17) is 5.73 Å². The summed E-state index contributed by atoms with van der Waals surface area (Å²) in [5, 5.41) is 0. The lowest BCUT2D eigenvalue weighted by molar-refractivity contribution is 1.34. The van der Waals surface area contributed by atoms with Crippen LogP contribution >= 0.6 is 0 Å². The van der Waals surface area contributed by atoms with Gasteiger partial charge in [0.1, 0.15) is 0 Å². The van der Waals surface area contributed by atoms with Gasteiger partial charge in [0.15, 0.2) is 0 Å². The smallest absolute Gasteiger partial charge is 0.0398 e. The normalized spacial score (nSPS) is 9.90. The molecule has 0 amide bonds. The topological polar surface area (TPSA) is 23.8 Å². The Morgan fingerprint density at radius 2 is 1.40 bits per heavy atom. The van der Waals surface area contributed by atoms with E-state index in [9.17, 15) is 0 Å². The standard InChI is InChI=1S/C9H12N/c1-6-4-7(2)9(10)8(3)5-6/h4-5,10H,1-3H3/q-1. The molecule has 0 aliphatic rings. The monoisotopic (exact) mass is 134 g/mol. The second kappa shape index (κ2) is 2.33. The van der Waals surface area contributed by atoms with Gasteiger partial charge in [-0.3, -0.25) is 0 Å². The molecule has 0 aliphatic heterocycles. The molecule has 0 spiro atoms. The van der Waals surface area contributed by atoms with Crippen LogP contribution in [-0.2, 0) is 0 Å². The molecule has 0 bridgehead atoms. The highest BCUT2D eigenvalue weighted by Crippen LogP contribution is 2.22. The summed E-state index contributed by atoms with van der Waals surface area (Å²) in [6.07, 6.45) is 0. The molecule has 0 fully saturated rings. The van der Waals surface area contributed by atoms with E-state index in [0.29, 0.717) is 5.69 Å². The largest absolute Gasteiger partial charge is 0.698 e. The van der Waals surface area contributed by atoms with E-state index in [1.54, 1.807) is 0 Å². The summed E-state index contributed by atoms with van der Waals surface area (Å²) in [6, 6.07) is 4.07. The van der Waals surface area contributed by atoms with Crippen molar-refractivity contribution in [1.29, 1.82) is 0 Å². The molecule has 0 heterocycles. The highest BCUT2D eigenvalue weighted by molar-refractivity contribution is 5.57. The van der Waals surface area contributed by atoms with Gasteiger partial charge in [0, 0.05) is 0 Å². The number of hydrogen-bond acceptors (Lipinski definition) is 0. The van der Waals surface area contributed by atoms with Crippen molar-refractivity contribution < 1.29 is 0 Å². The first-order valence-electron chi connectivity index (χ1n) is 3.40. The summed E-state index contributed by atoms with van der Waals surface area (Å²) in [5.41, 5.74) is 11.6. The molecule has 1 aromatic rings. The first-order chi connectivity index (χ1) is 4.61. The number of benzene rings is 1. The molecule has 10 heavy (non-hydrogen) atoms. The molecule has 54 valence electrons. The zero-order chi connectivity index (χ0) is 7.72. The molecule has 0 unspecified atom stereocenters. The highest BCUT2D eigenvalue weighted by Gasteiger charge is 1.91. The Morgan fingerprint density at radius 1 is 1.00 bits per heavy atom. The minimum absolute atomic E-state index is 0.672. The van der Waals surface area contributed by atoms with Gasteiger partial charge in [-0.2, -0.15) is 0 Å². The molecule has 0 radical (unpaired) electrons. The first-order valence-corrected chi connectivity index (χ1v) is 3.40. The maximum Gasteiger partial charge on any atom is -0.0398 e. The van der Waals surface area contributed by atoms with Crippen LogP contribution in [-0.4, -0.2) is 0 Å². The molecular weight excluding hydrogens is 122 g/mol. The number of hydrogen-bond donors (Lipinski definition) is 0. The van der Waals surface area contributed by atoms with E-state index in [-0.39, 0.29) is 0 Å². The van der Waals surface area contributed by atoms with Crippen LogP contribution in [0.5, 0.6) is 0 Å². The van der Waals surface area contributed by atoms with E-state index < -0.39 is 0 Å². The van der Waals surface area contributed by atoms with Gasteiger partial charge in [0.2, 0.25) is 0 Å². The predicted octanol–water partition coefficient (Wildman–Crippen LogP) is 3.30. The molecule has 1 aromatic carbocycles. The third-order valence-corrected chi connectivity index (χ3v) is 1.68. The van der Waals surface area contributed by atoms with Crippen molar-refractivity contribution in [2.24, 2.45) is 0 Å². The van der Waals surface area contributed by atoms with Crippen molar-refractivity contribution in [3.05, 3.63) is 34.6 Å². The number of nitrogens with one attached hydrogen (secondary N) is 1. The average molecular weight is 134 g/mol. The molecule has 1 rings (SSSR count). The Morgan fingerprint density at radius 3 is 1.80 bits per heavy atom. The molecule has 1 heteroatoms. The van der Waals surface area contributed by atoms with Crippen LogP contribution in [0.2, 0.25) is 0 Å². The van der Waals surface area contributed by atoms with Gasteiger partial charge in [0.25, 0.3) is 0 Å². The third-order valence-electron chi connectivity index (χ3n) is 1.68. The van der Waals surface area contributed by atoms with Crippen LogP contribution in [0.15, 0.2) is 12.1 Å². The van der Waals surface area contributed by atoms with Crippen molar-refractivity contribution in [2.75, 3.05) is 0 Å². The maximum absolute atomic E-state index is 7.54. The van der Waals surface area contributed by atoms with E-state index >= 15 is 0 Å². The second-order valence-electron chi connectivity index (χ2n) is 2.77. The molecule has 0 saturated heterocycles. The molecule has 0 atom stereocenters. The van der Waals surface area contributed by atoms with Crippen LogP contribution < -0.4 is 0 Å². The lowest BCUT2D eigenvalue weighted by atomic mass is 10.1. The zero-order valence-corrected chi connectivity index (χ0v) is 6.65. The Labute approximate surface area is 61.9 Å². The first kappa shape index (κ1) is 7.13. The zero-order valence-electron chi connectivity index (χ0n) is 6.65. The summed E-state index contributed by atoms with van der Waals surface area (Å²) in [6.45, 7) is 6.00. The van der Waals surface area contributed by atoms with Crippen LogP contribution in [0.25, 0.3) is 5.73 Å². The van der Waals surface area contributed by atoms with Gasteiger partial charge < -0.3 is 5.73 Å². The van der Waals surface area contributed by atoms with E-state index in [1.165, 1.54) is 5.56 Å². The van der Waals surface area contributed by atoms with Gasteiger partial charge in [-0.15, -0.1) is 5.69 Å². The summed E-state index contributed by atoms with van der Waals surface area (Å²) in [4.78, 5) is 0. The van der Waals surface area contributed by atoms with Gasteiger partial charge >= 0.3 is 0 Å². The highest BCUT2D eigenvalue weighted by atomic mass is 14.6. The van der Waals surface area contributed by atoms with Crippen molar-refractivity contribution in [3.63, 3.8) is 0 Å². The van der Waals surface area contributed by atoms with Crippen molar-refractivity contribution in [1.82, 2.24) is 0 Å². The van der Waals surface area contributed by atoms with E-state index in [1.807, 2.05) is 26.0 Å². The van der Waals surface area contributed by atoms with Crippen LogP contribution in [0.3, 0.4) is 0 Å². The third kappa shape index (κ3) is 1.13. The predicted molar refractivity (Wildman–Crippen MR) is 44.6 cm³/mol. The lowest BCUT2D eigenvalue weighted by Crippen LogP contribution is -1.80. The Bertz CT molecular complexity index is 228. The van der Waals surface area contributed by atoms with Gasteiger partial charge in [-0.25, -0.2) is 0 Å². The fraction of sp³-hybridized carbons (Fsp3) is 0.333. The number of rotatable bonds is 0. The SMILES string of the molecule is Cc1cc(C)c([NH-])c(C)c1. The van der Waals surface area contributed by atoms with Gasteiger partial charge in [-0.1, -0.05) is 28.8 Å². The van der Waals surface area contributed by atoms with E-state index in [0.717, 1.165) is 11.1 Å². The van der Waals surface area contributed by atoms with Crippen LogP contribution in [0, 0.1) is 20.8 Å². The van der Waals surface area contributed by atoms with Gasteiger partial charge in [0.05, 0.1) is 0 Å². The molecule has 0 aromatic heterocycles. The fourth-order valence-corrected chi connectivity index (χ4v) is 1.18. The summed E-state index contributed by atoms with van der Waals surface area (Å²) in [7, 11) is 0. The molecule has 1 N–H and O–H groups in total. The molecular formula is C9H12N-. The van der Waals surface area contributed by atoms with Crippen LogP contribution in [0.1, 0.15) is 16.7 Å². The van der Waals surface area contributed by atoms with Crippen molar-refractivity contribution in [3.8, 4) is 0 Å². The second-order valence-corrected chi connectivity index (χ2v) is 2.77. The lowest BCUT2D eigenvalue weighted by Gasteiger charge is -2.12. The Hall–Kier alpha value is -0.980. The Kier molecular flexibility index (Phi) is 1.66. The molecule has 1 nitrogen and oxygen atoms in total. The number of aryl methyl sites for hydroxylation is 3.